The van der Waals surface area contributed by atoms with Gasteiger partial charge in [0, 0.05) is 49.4 Å². The SMILES string of the molecule is COc1ccccc1CN1C[C@@H]2C[C@@H](c3cn(C)nc3C)N3CCC[C@@]23C1=O. The summed E-state index contributed by atoms with van der Waals surface area (Å²) in [5.41, 5.74) is 3.16. The average molecular weight is 380 g/mol. The standard InChI is InChI=1S/C22H28N4O2/c1-15-18(14-24(2)23-15)19-11-17-13-25(12-16-7-4-5-8-20(16)28-3)21(27)22(17)9-6-10-26(19)22/h4-5,7-8,14,17,19H,6,9-13H2,1-3H3/t17-,19-,22-/m0/s1. The third-order valence-corrected chi connectivity index (χ3v) is 7.09. The predicted octanol–water partition coefficient (Wildman–Crippen LogP) is 2.68. The van der Waals surface area contributed by atoms with Crippen molar-refractivity contribution in [3.8, 4) is 5.75 Å². The number of ether oxygens (including phenoxy) is 1. The van der Waals surface area contributed by atoms with Crippen LogP contribution in [-0.4, -0.2) is 51.2 Å². The first-order valence-electron chi connectivity index (χ1n) is 10.2. The molecule has 0 bridgehead atoms. The Morgan fingerprint density at radius 1 is 1.32 bits per heavy atom. The molecule has 5 rings (SSSR count). The number of amides is 1. The maximum absolute atomic E-state index is 13.7. The minimum absolute atomic E-state index is 0.310. The number of aryl methyl sites for hydroxylation is 2. The summed E-state index contributed by atoms with van der Waals surface area (Å²) in [4.78, 5) is 18.3. The van der Waals surface area contributed by atoms with Crippen molar-refractivity contribution < 1.29 is 9.53 Å². The number of benzene rings is 1. The lowest BCUT2D eigenvalue weighted by Gasteiger charge is -2.33. The zero-order valence-electron chi connectivity index (χ0n) is 16.9. The molecular formula is C22H28N4O2. The van der Waals surface area contributed by atoms with E-state index in [2.05, 4.69) is 34.1 Å². The minimum Gasteiger partial charge on any atom is -0.496 e. The molecule has 1 amide bonds. The van der Waals surface area contributed by atoms with Gasteiger partial charge in [0.25, 0.3) is 0 Å². The minimum atomic E-state index is -0.311. The fourth-order valence-electron chi connectivity index (χ4n) is 5.99. The number of likely N-dealkylation sites (tertiary alicyclic amines) is 1. The molecule has 0 radical (unpaired) electrons. The van der Waals surface area contributed by atoms with Crippen LogP contribution in [0.5, 0.6) is 5.75 Å². The van der Waals surface area contributed by atoms with Crippen molar-refractivity contribution in [2.24, 2.45) is 13.0 Å². The molecule has 3 saturated heterocycles. The number of para-hydroxylation sites is 1. The first-order chi connectivity index (χ1) is 13.5. The van der Waals surface area contributed by atoms with Crippen LogP contribution in [0.3, 0.4) is 0 Å². The summed E-state index contributed by atoms with van der Waals surface area (Å²) >= 11 is 0. The molecule has 148 valence electrons. The highest BCUT2D eigenvalue weighted by Gasteiger charge is 2.65. The third-order valence-electron chi connectivity index (χ3n) is 7.09. The summed E-state index contributed by atoms with van der Waals surface area (Å²) < 4.78 is 7.40. The number of carbonyl (C=O) groups excluding carboxylic acids is 1. The van der Waals surface area contributed by atoms with Gasteiger partial charge in [-0.1, -0.05) is 18.2 Å². The Morgan fingerprint density at radius 3 is 2.89 bits per heavy atom. The van der Waals surface area contributed by atoms with Gasteiger partial charge in [-0.15, -0.1) is 0 Å². The van der Waals surface area contributed by atoms with Crippen molar-refractivity contribution in [3.63, 3.8) is 0 Å². The highest BCUT2D eigenvalue weighted by Crippen LogP contribution is 2.56. The molecule has 1 aromatic heterocycles. The first kappa shape index (κ1) is 17.7. The Bertz CT molecular complexity index is 923. The number of carbonyl (C=O) groups is 1. The van der Waals surface area contributed by atoms with Crippen LogP contribution in [0.4, 0.5) is 0 Å². The second-order valence-electron chi connectivity index (χ2n) is 8.51. The molecule has 0 N–H and O–H groups in total. The summed E-state index contributed by atoms with van der Waals surface area (Å²) in [5.74, 6) is 1.56. The van der Waals surface area contributed by atoms with E-state index in [9.17, 15) is 4.79 Å². The molecule has 3 atom stereocenters. The highest BCUT2D eigenvalue weighted by atomic mass is 16.5. The van der Waals surface area contributed by atoms with E-state index in [1.807, 2.05) is 29.9 Å². The lowest BCUT2D eigenvalue weighted by atomic mass is 9.85. The van der Waals surface area contributed by atoms with E-state index in [0.717, 1.165) is 49.4 Å². The molecule has 1 aromatic carbocycles. The van der Waals surface area contributed by atoms with E-state index >= 15 is 0 Å². The molecule has 6 nitrogen and oxygen atoms in total. The number of hydrogen-bond acceptors (Lipinski definition) is 4. The van der Waals surface area contributed by atoms with Crippen molar-refractivity contribution in [2.45, 2.75) is 44.3 Å². The van der Waals surface area contributed by atoms with E-state index in [-0.39, 0.29) is 5.54 Å². The summed E-state index contributed by atoms with van der Waals surface area (Å²) in [6, 6.07) is 8.34. The Balaban J connectivity index is 1.44. The van der Waals surface area contributed by atoms with Gasteiger partial charge in [-0.25, -0.2) is 0 Å². The quantitative estimate of drug-likeness (QED) is 0.818. The van der Waals surface area contributed by atoms with Crippen LogP contribution in [0.1, 0.15) is 42.1 Å². The first-order valence-corrected chi connectivity index (χ1v) is 10.2. The second kappa shape index (κ2) is 6.34. The van der Waals surface area contributed by atoms with Gasteiger partial charge >= 0.3 is 0 Å². The van der Waals surface area contributed by atoms with Crippen LogP contribution >= 0.6 is 0 Å². The topological polar surface area (TPSA) is 50.6 Å². The molecule has 3 fully saturated rings. The van der Waals surface area contributed by atoms with E-state index in [4.69, 9.17) is 4.74 Å². The molecule has 2 aromatic rings. The molecule has 4 heterocycles. The van der Waals surface area contributed by atoms with Crippen molar-refractivity contribution in [3.05, 3.63) is 47.3 Å². The van der Waals surface area contributed by atoms with Crippen molar-refractivity contribution in [2.75, 3.05) is 20.2 Å². The van der Waals surface area contributed by atoms with Crippen LogP contribution in [0.25, 0.3) is 0 Å². The summed E-state index contributed by atoms with van der Waals surface area (Å²) in [5, 5.41) is 4.55. The van der Waals surface area contributed by atoms with E-state index < -0.39 is 0 Å². The fraction of sp³-hybridized carbons (Fsp3) is 0.545. The molecule has 6 heteroatoms. The fourth-order valence-corrected chi connectivity index (χ4v) is 5.99. The van der Waals surface area contributed by atoms with Gasteiger partial charge < -0.3 is 9.64 Å². The number of aromatic nitrogens is 2. The monoisotopic (exact) mass is 380 g/mol. The van der Waals surface area contributed by atoms with Gasteiger partial charge in [-0.05, 0) is 38.8 Å². The molecule has 0 aliphatic carbocycles. The van der Waals surface area contributed by atoms with Gasteiger partial charge in [-0.3, -0.25) is 14.4 Å². The number of hydrogen-bond donors (Lipinski definition) is 0. The van der Waals surface area contributed by atoms with Crippen LogP contribution in [0.15, 0.2) is 30.5 Å². The molecule has 3 aliphatic rings. The molecule has 3 aliphatic heterocycles. The number of rotatable bonds is 4. The lowest BCUT2D eigenvalue weighted by Crippen LogP contribution is -2.49. The van der Waals surface area contributed by atoms with Gasteiger partial charge in [0.1, 0.15) is 11.3 Å². The van der Waals surface area contributed by atoms with E-state index in [0.29, 0.717) is 24.4 Å². The van der Waals surface area contributed by atoms with E-state index in [1.165, 1.54) is 5.56 Å². The smallest absolute Gasteiger partial charge is 0.243 e. The van der Waals surface area contributed by atoms with Gasteiger partial charge in [-0.2, -0.15) is 5.10 Å². The third kappa shape index (κ3) is 2.37. The Morgan fingerprint density at radius 2 is 2.14 bits per heavy atom. The van der Waals surface area contributed by atoms with Crippen LogP contribution < -0.4 is 4.74 Å². The van der Waals surface area contributed by atoms with Gasteiger partial charge in [0.15, 0.2) is 0 Å². The van der Waals surface area contributed by atoms with Crippen LogP contribution in [0.2, 0.25) is 0 Å². The predicted molar refractivity (Wildman–Crippen MR) is 106 cm³/mol. The van der Waals surface area contributed by atoms with Gasteiger partial charge in [0.05, 0.1) is 12.8 Å². The van der Waals surface area contributed by atoms with Crippen LogP contribution in [0, 0.1) is 12.8 Å². The number of nitrogens with zero attached hydrogens (tertiary/aromatic N) is 4. The molecule has 0 unspecified atom stereocenters. The summed E-state index contributed by atoms with van der Waals surface area (Å²) in [7, 11) is 3.67. The second-order valence-corrected chi connectivity index (χ2v) is 8.51. The highest BCUT2D eigenvalue weighted by molar-refractivity contribution is 5.90. The zero-order chi connectivity index (χ0) is 19.5. The van der Waals surface area contributed by atoms with Crippen molar-refractivity contribution >= 4 is 5.91 Å². The maximum Gasteiger partial charge on any atom is 0.243 e. The van der Waals surface area contributed by atoms with Crippen molar-refractivity contribution in [1.29, 1.82) is 0 Å². The Kier molecular flexibility index (Phi) is 4.02. The molecule has 28 heavy (non-hydrogen) atoms. The molecule has 1 spiro atoms. The molecular weight excluding hydrogens is 352 g/mol. The summed E-state index contributed by atoms with van der Waals surface area (Å²) in [6.07, 6.45) is 5.26. The average Bonchev–Trinajstić information content (AvgIpc) is 3.39. The number of methoxy groups -OCH3 is 1. The van der Waals surface area contributed by atoms with E-state index in [1.54, 1.807) is 7.11 Å². The van der Waals surface area contributed by atoms with Gasteiger partial charge in [0.2, 0.25) is 5.91 Å². The summed E-state index contributed by atoms with van der Waals surface area (Å²) in [6.45, 7) is 4.56. The maximum atomic E-state index is 13.7. The lowest BCUT2D eigenvalue weighted by molar-refractivity contribution is -0.137. The molecule has 0 saturated carbocycles. The zero-order valence-corrected chi connectivity index (χ0v) is 16.9. The van der Waals surface area contributed by atoms with Crippen molar-refractivity contribution in [1.82, 2.24) is 19.6 Å². The van der Waals surface area contributed by atoms with Crippen LogP contribution in [-0.2, 0) is 18.4 Å². The Hall–Kier alpha value is -2.34. The Labute approximate surface area is 166 Å². The normalized spacial score (nSPS) is 29.4. The largest absolute Gasteiger partial charge is 0.496 e.